The van der Waals surface area contributed by atoms with E-state index >= 15 is 0 Å². The lowest BCUT2D eigenvalue weighted by atomic mass is 10.5. The monoisotopic (exact) mass is 183 g/mol. The van der Waals surface area contributed by atoms with Crippen molar-refractivity contribution in [3.05, 3.63) is 30.6 Å². The van der Waals surface area contributed by atoms with Gasteiger partial charge in [0.25, 0.3) is 5.97 Å². The molecule has 0 aromatic carbocycles. The van der Waals surface area contributed by atoms with Crippen LogP contribution in [0.5, 0.6) is 0 Å². The zero-order chi connectivity index (χ0) is 8.53. The first-order chi connectivity index (χ1) is 5.27. The number of pyridine rings is 1. The van der Waals surface area contributed by atoms with E-state index in [1.807, 2.05) is 18.2 Å². The summed E-state index contributed by atoms with van der Waals surface area (Å²) in [6, 6.07) is 5.72. The maximum Gasteiger partial charge on any atom is 0.499 e. The molecule has 0 amide bonds. The molecule has 1 rings (SSSR count). The predicted octanol–water partition coefficient (Wildman–Crippen LogP) is 0.815. The molecular weight excluding hydrogens is 169 g/mol. The number of rotatable bonds is 0. The summed E-state index contributed by atoms with van der Waals surface area (Å²) in [6.45, 7) is 1.40. The van der Waals surface area contributed by atoms with Gasteiger partial charge in [0.05, 0.1) is 0 Å². The fourth-order valence-corrected chi connectivity index (χ4v) is 0.313. The average molecular weight is 183 g/mol. The van der Waals surface area contributed by atoms with Crippen molar-refractivity contribution in [2.45, 2.75) is 14.4 Å². The molecule has 4 heteroatoms. The molecule has 0 aliphatic heterocycles. The highest BCUT2D eigenvalue weighted by molar-refractivity contribution is 6.04. The highest BCUT2D eigenvalue weighted by Crippen LogP contribution is 1.73. The van der Waals surface area contributed by atoms with Crippen molar-refractivity contribution in [2.24, 2.45) is 0 Å². The molecule has 0 saturated heterocycles. The Morgan fingerprint density at radius 1 is 1.33 bits per heavy atom. The maximum absolute atomic E-state index is 9.62. The molecule has 1 aromatic rings. The Labute approximate surface area is 81.5 Å². The molecule has 3 nitrogen and oxygen atoms in total. The summed E-state index contributed by atoms with van der Waals surface area (Å²) < 4.78 is 4.25. The molecular formula is C8H14AlNO2. The van der Waals surface area contributed by atoms with E-state index in [0.29, 0.717) is 16.6 Å². The SMILES string of the molecule is C.CC(=O)[O][AlH2].c1ccncc1. The average Bonchev–Trinajstić information content (AvgIpc) is 2.09. The van der Waals surface area contributed by atoms with Crippen molar-refractivity contribution in [1.82, 2.24) is 4.98 Å². The number of aromatic nitrogens is 1. The highest BCUT2D eigenvalue weighted by atomic mass is 27.1. The van der Waals surface area contributed by atoms with Gasteiger partial charge in [-0.15, -0.1) is 0 Å². The van der Waals surface area contributed by atoms with Crippen LogP contribution in [0, 0.1) is 0 Å². The van der Waals surface area contributed by atoms with Crippen LogP contribution in [0.4, 0.5) is 0 Å². The zero-order valence-corrected chi connectivity index (χ0v) is 8.65. The van der Waals surface area contributed by atoms with Crippen LogP contribution in [0.15, 0.2) is 30.6 Å². The fourth-order valence-electron chi connectivity index (χ4n) is 0.313. The van der Waals surface area contributed by atoms with E-state index in [4.69, 9.17) is 0 Å². The second kappa shape index (κ2) is 10.2. The van der Waals surface area contributed by atoms with Crippen LogP contribution in [0.3, 0.4) is 0 Å². The lowest BCUT2D eigenvalue weighted by molar-refractivity contribution is -0.131. The molecule has 0 radical (unpaired) electrons. The first kappa shape index (κ1) is 13.7. The van der Waals surface area contributed by atoms with E-state index in [-0.39, 0.29) is 13.4 Å². The molecule has 0 atom stereocenters. The smallest absolute Gasteiger partial charge is 0.499 e. The minimum atomic E-state index is -0.184. The van der Waals surface area contributed by atoms with Gasteiger partial charge in [0.1, 0.15) is 0 Å². The van der Waals surface area contributed by atoms with Gasteiger partial charge in [-0.2, -0.15) is 0 Å². The largest absolute Gasteiger partial charge is 0.622 e. The number of carbonyl (C=O) groups excluding carboxylic acids is 1. The van der Waals surface area contributed by atoms with Gasteiger partial charge in [-0.1, -0.05) is 13.5 Å². The Morgan fingerprint density at radius 2 is 1.75 bits per heavy atom. The Morgan fingerprint density at radius 3 is 1.83 bits per heavy atom. The molecule has 0 unspecified atom stereocenters. The minimum absolute atomic E-state index is 0. The van der Waals surface area contributed by atoms with Gasteiger partial charge in [-0.3, -0.25) is 9.78 Å². The van der Waals surface area contributed by atoms with Gasteiger partial charge in [-0.25, -0.2) is 0 Å². The molecule has 0 N–H and O–H groups in total. The first-order valence-corrected chi connectivity index (χ1v) is 3.98. The number of nitrogens with zero attached hydrogens (tertiary/aromatic N) is 1. The van der Waals surface area contributed by atoms with E-state index in [1.54, 1.807) is 12.4 Å². The second-order valence-electron chi connectivity index (χ2n) is 1.72. The van der Waals surface area contributed by atoms with Crippen molar-refractivity contribution in [2.75, 3.05) is 0 Å². The van der Waals surface area contributed by atoms with Gasteiger partial charge >= 0.3 is 16.6 Å². The van der Waals surface area contributed by atoms with Crippen LogP contribution >= 0.6 is 0 Å². The lowest BCUT2D eigenvalue weighted by Gasteiger charge is -1.84. The van der Waals surface area contributed by atoms with Gasteiger partial charge in [-0.05, 0) is 12.1 Å². The third kappa shape index (κ3) is 11.9. The van der Waals surface area contributed by atoms with Crippen LogP contribution in [-0.2, 0) is 8.58 Å². The summed E-state index contributed by atoms with van der Waals surface area (Å²) in [6.07, 6.45) is 3.50. The van der Waals surface area contributed by atoms with E-state index in [1.165, 1.54) is 6.92 Å². The Balaban J connectivity index is 0. The van der Waals surface area contributed by atoms with Crippen molar-refractivity contribution < 1.29 is 8.58 Å². The van der Waals surface area contributed by atoms with Crippen LogP contribution in [0.2, 0.25) is 0 Å². The standard InChI is InChI=1S/C5H5N.C2H4O2.CH4.Al.2H/c1-2-4-6-5-3-1;1-2(3)4;;;;/h1-5H;1H3,(H,3,4);1H4;;;/q;;;+1;;/p-1. The quantitative estimate of drug-likeness (QED) is 0.559. The third-order valence-electron chi connectivity index (χ3n) is 0.854. The number of hydrogen-bond donors (Lipinski definition) is 0. The van der Waals surface area contributed by atoms with E-state index in [2.05, 4.69) is 8.77 Å². The first-order valence-electron chi connectivity index (χ1n) is 3.17. The van der Waals surface area contributed by atoms with Crippen molar-refractivity contribution in [3.63, 3.8) is 0 Å². The highest BCUT2D eigenvalue weighted by Gasteiger charge is 1.74. The molecule has 66 valence electrons. The normalized spacial score (nSPS) is 6.75. The molecule has 0 aliphatic carbocycles. The van der Waals surface area contributed by atoms with Crippen molar-refractivity contribution >= 4 is 22.6 Å². The van der Waals surface area contributed by atoms with Gasteiger partial charge < -0.3 is 3.79 Å². The molecule has 0 bridgehead atoms. The van der Waals surface area contributed by atoms with Gasteiger partial charge in [0.2, 0.25) is 0 Å². The minimum Gasteiger partial charge on any atom is -0.622 e. The molecule has 0 spiro atoms. The molecule has 1 heterocycles. The van der Waals surface area contributed by atoms with Crippen molar-refractivity contribution in [3.8, 4) is 0 Å². The summed E-state index contributed by atoms with van der Waals surface area (Å²) in [4.78, 5) is 13.4. The fraction of sp³-hybridized carbons (Fsp3) is 0.250. The Hall–Kier alpha value is -0.848. The van der Waals surface area contributed by atoms with E-state index in [0.717, 1.165) is 0 Å². The van der Waals surface area contributed by atoms with Crippen LogP contribution in [-0.4, -0.2) is 27.6 Å². The van der Waals surface area contributed by atoms with Crippen molar-refractivity contribution in [1.29, 1.82) is 0 Å². The topological polar surface area (TPSA) is 39.2 Å². The summed E-state index contributed by atoms with van der Waals surface area (Å²) in [7, 11) is 0. The number of carbonyl (C=O) groups is 1. The molecule has 0 saturated carbocycles. The lowest BCUT2D eigenvalue weighted by Crippen LogP contribution is -1.90. The Kier molecular flexibility index (Phi) is 11.6. The number of hydrogen-bond acceptors (Lipinski definition) is 3. The summed E-state index contributed by atoms with van der Waals surface area (Å²) in [5.41, 5.74) is 0. The summed E-state index contributed by atoms with van der Waals surface area (Å²) in [5.74, 6) is -0.184. The second-order valence-corrected chi connectivity index (χ2v) is 2.13. The third-order valence-corrected chi connectivity index (χ3v) is 1.43. The molecule has 0 aliphatic rings. The zero-order valence-electron chi connectivity index (χ0n) is 6.65. The summed E-state index contributed by atoms with van der Waals surface area (Å²) >= 11 is 0.524. The predicted molar refractivity (Wildman–Crippen MR) is 51.3 cm³/mol. The van der Waals surface area contributed by atoms with Gasteiger partial charge in [0, 0.05) is 19.3 Å². The molecule has 1 aromatic heterocycles. The Bertz CT molecular complexity index is 165. The van der Waals surface area contributed by atoms with Gasteiger partial charge in [0.15, 0.2) is 0 Å². The van der Waals surface area contributed by atoms with Crippen LogP contribution in [0.1, 0.15) is 14.4 Å². The maximum atomic E-state index is 9.62. The molecule has 0 fully saturated rings. The van der Waals surface area contributed by atoms with E-state index < -0.39 is 0 Å². The van der Waals surface area contributed by atoms with E-state index in [9.17, 15) is 4.79 Å². The molecule has 12 heavy (non-hydrogen) atoms. The van der Waals surface area contributed by atoms with Crippen LogP contribution < -0.4 is 0 Å². The summed E-state index contributed by atoms with van der Waals surface area (Å²) in [5, 5.41) is 0. The van der Waals surface area contributed by atoms with Crippen LogP contribution in [0.25, 0.3) is 0 Å².